The molecule has 23 heavy (non-hydrogen) atoms. The van der Waals surface area contributed by atoms with E-state index in [1.54, 1.807) is 13.8 Å². The lowest BCUT2D eigenvalue weighted by Crippen LogP contribution is -2.30. The number of H-pyrrole nitrogens is 1. The molecule has 0 unspecified atom stereocenters. The topological polar surface area (TPSA) is 117 Å². The molecular weight excluding hydrogens is 309 g/mol. The van der Waals surface area contributed by atoms with Gasteiger partial charge in [-0.2, -0.15) is 4.98 Å². The molecule has 3 N–H and O–H groups in total. The number of ether oxygens (including phenoxy) is 3. The molecule has 0 spiro atoms. The summed E-state index contributed by atoms with van der Waals surface area (Å²) in [5, 5.41) is 0. The smallest absolute Gasteiger partial charge is 0.280 e. The number of nitrogens with one attached hydrogen (secondary N) is 1. The maximum atomic E-state index is 13.3. The lowest BCUT2D eigenvalue weighted by Gasteiger charge is -2.24. The summed E-state index contributed by atoms with van der Waals surface area (Å²) in [7, 11) is 0. The fourth-order valence-corrected chi connectivity index (χ4v) is 3.14. The van der Waals surface area contributed by atoms with Crippen LogP contribution in [-0.2, 0) is 14.2 Å². The molecule has 0 saturated carbocycles. The normalized spacial score (nSPS) is 32.5. The predicted molar refractivity (Wildman–Crippen MR) is 76.3 cm³/mol. The van der Waals surface area contributed by atoms with Gasteiger partial charge in [-0.3, -0.25) is 14.3 Å². The Balaban J connectivity index is 1.80. The number of nitrogen functional groups attached to an aromatic ring is 1. The third-order valence-corrected chi connectivity index (χ3v) is 4.00. The van der Waals surface area contributed by atoms with E-state index in [-0.39, 0.29) is 17.1 Å². The van der Waals surface area contributed by atoms with Gasteiger partial charge < -0.3 is 19.9 Å². The van der Waals surface area contributed by atoms with Crippen LogP contribution in [0.5, 0.6) is 0 Å². The van der Waals surface area contributed by atoms with E-state index < -0.39 is 42.6 Å². The Kier molecular flexibility index (Phi) is 2.99. The van der Waals surface area contributed by atoms with Crippen LogP contribution in [0.1, 0.15) is 20.1 Å². The first-order chi connectivity index (χ1) is 10.9. The van der Waals surface area contributed by atoms with Crippen molar-refractivity contribution in [2.75, 3.05) is 12.4 Å². The lowest BCUT2D eigenvalue weighted by molar-refractivity contribution is -0.197. The fourth-order valence-electron chi connectivity index (χ4n) is 3.14. The van der Waals surface area contributed by atoms with Crippen molar-refractivity contribution in [3.05, 3.63) is 16.7 Å². The largest absolute Gasteiger partial charge is 0.369 e. The van der Waals surface area contributed by atoms with Crippen molar-refractivity contribution in [2.24, 2.45) is 0 Å². The monoisotopic (exact) mass is 325 g/mol. The Morgan fingerprint density at radius 3 is 2.91 bits per heavy atom. The molecule has 0 radical (unpaired) electrons. The van der Waals surface area contributed by atoms with Crippen LogP contribution in [0.15, 0.2) is 11.1 Å². The van der Waals surface area contributed by atoms with Gasteiger partial charge in [-0.1, -0.05) is 0 Å². The SMILES string of the molecule is CC1(C)O[C@@H]2[C@H](O1)[C@@H](CF)O[C@H]2n1cnc2c(=O)[nH]c(N)nc21. The molecule has 2 saturated heterocycles. The number of alkyl halides is 1. The van der Waals surface area contributed by atoms with Gasteiger partial charge in [0.2, 0.25) is 5.95 Å². The number of nitrogens with zero attached hydrogens (tertiary/aromatic N) is 3. The Bertz CT molecular complexity index is 818. The van der Waals surface area contributed by atoms with Crippen LogP contribution < -0.4 is 11.3 Å². The summed E-state index contributed by atoms with van der Waals surface area (Å²) in [6, 6.07) is 0. The summed E-state index contributed by atoms with van der Waals surface area (Å²) >= 11 is 0. The van der Waals surface area contributed by atoms with Gasteiger partial charge >= 0.3 is 0 Å². The van der Waals surface area contributed by atoms with Crippen LogP contribution >= 0.6 is 0 Å². The van der Waals surface area contributed by atoms with Crippen LogP contribution in [0.2, 0.25) is 0 Å². The number of rotatable bonds is 2. The van der Waals surface area contributed by atoms with E-state index in [1.807, 2.05) is 0 Å². The van der Waals surface area contributed by atoms with Crippen LogP contribution in [0.3, 0.4) is 0 Å². The minimum atomic E-state index is -0.842. The molecule has 0 aromatic carbocycles. The molecule has 0 amide bonds. The first kappa shape index (κ1) is 14.5. The minimum Gasteiger partial charge on any atom is -0.369 e. The molecule has 0 aliphatic carbocycles. The van der Waals surface area contributed by atoms with Crippen LogP contribution in [0, 0.1) is 0 Å². The Labute approximate surface area is 129 Å². The van der Waals surface area contributed by atoms with Crippen LogP contribution in [0.25, 0.3) is 11.2 Å². The molecule has 2 aliphatic rings. The number of hydrogen-bond acceptors (Lipinski definition) is 7. The first-order valence-electron chi connectivity index (χ1n) is 7.19. The quantitative estimate of drug-likeness (QED) is 0.803. The predicted octanol–water partition coefficient (Wildman–Crippen LogP) is 0.0888. The zero-order chi connectivity index (χ0) is 16.4. The highest BCUT2D eigenvalue weighted by atomic mass is 19.1. The van der Waals surface area contributed by atoms with Crippen molar-refractivity contribution in [3.63, 3.8) is 0 Å². The van der Waals surface area contributed by atoms with Crippen molar-refractivity contribution in [1.82, 2.24) is 19.5 Å². The van der Waals surface area contributed by atoms with E-state index in [9.17, 15) is 9.18 Å². The standard InChI is InChI=1S/C13H16FN5O4/c1-13(2)22-7-5(3-14)21-11(8(7)23-13)19-4-16-6-9(19)17-12(15)18-10(6)20/h4-5,7-8,11H,3H2,1-2H3,(H3,15,17,18,20)/t5-,7-,8-,11-/m1/s1. The van der Waals surface area contributed by atoms with Crippen molar-refractivity contribution in [2.45, 2.75) is 44.2 Å². The molecule has 10 heteroatoms. The van der Waals surface area contributed by atoms with Crippen molar-refractivity contribution in [3.8, 4) is 0 Å². The number of hydrogen-bond donors (Lipinski definition) is 2. The van der Waals surface area contributed by atoms with E-state index in [0.717, 1.165) is 0 Å². The number of nitrogens with two attached hydrogens (primary N) is 1. The summed E-state index contributed by atoms with van der Waals surface area (Å²) in [5.41, 5.74) is 5.52. The molecule has 2 aromatic heterocycles. The average molecular weight is 325 g/mol. The van der Waals surface area contributed by atoms with Gasteiger partial charge in [0.05, 0.1) is 6.33 Å². The first-order valence-corrected chi connectivity index (χ1v) is 7.19. The summed E-state index contributed by atoms with van der Waals surface area (Å²) in [4.78, 5) is 22.4. The van der Waals surface area contributed by atoms with E-state index in [1.165, 1.54) is 10.9 Å². The highest BCUT2D eigenvalue weighted by Crippen LogP contribution is 2.43. The van der Waals surface area contributed by atoms with Gasteiger partial charge in [0.15, 0.2) is 23.2 Å². The molecule has 2 aromatic rings. The zero-order valence-electron chi connectivity index (χ0n) is 12.5. The highest BCUT2D eigenvalue weighted by Gasteiger charge is 2.56. The third kappa shape index (κ3) is 2.13. The van der Waals surface area contributed by atoms with Gasteiger partial charge in [-0.05, 0) is 13.8 Å². The number of halogens is 1. The van der Waals surface area contributed by atoms with Crippen LogP contribution in [-0.4, -0.2) is 50.3 Å². The number of fused-ring (bicyclic) bond motifs is 2. The van der Waals surface area contributed by atoms with E-state index in [0.29, 0.717) is 0 Å². The molecule has 2 aliphatic heterocycles. The maximum absolute atomic E-state index is 13.3. The Hall–Kier alpha value is -2.04. The summed E-state index contributed by atoms with van der Waals surface area (Å²) in [6.45, 7) is 2.80. The molecule has 124 valence electrons. The second-order valence-electron chi connectivity index (χ2n) is 6.06. The van der Waals surface area contributed by atoms with Gasteiger partial charge in [0, 0.05) is 0 Å². The van der Waals surface area contributed by atoms with Gasteiger partial charge in [0.25, 0.3) is 5.56 Å². The third-order valence-electron chi connectivity index (χ3n) is 4.00. The Morgan fingerprint density at radius 1 is 1.43 bits per heavy atom. The summed E-state index contributed by atoms with van der Waals surface area (Å²) < 4.78 is 32.1. The molecule has 0 bridgehead atoms. The number of aromatic amines is 1. The van der Waals surface area contributed by atoms with Gasteiger partial charge in [-0.25, -0.2) is 9.37 Å². The van der Waals surface area contributed by atoms with E-state index >= 15 is 0 Å². The van der Waals surface area contributed by atoms with Gasteiger partial charge in [-0.15, -0.1) is 0 Å². The number of anilines is 1. The molecular formula is C13H16FN5O4. The average Bonchev–Trinajstić information content (AvgIpc) is 3.09. The van der Waals surface area contributed by atoms with Crippen molar-refractivity contribution in [1.29, 1.82) is 0 Å². The van der Waals surface area contributed by atoms with Gasteiger partial charge in [0.1, 0.15) is 25.0 Å². The zero-order valence-corrected chi connectivity index (χ0v) is 12.5. The highest BCUT2D eigenvalue weighted by molar-refractivity contribution is 5.70. The van der Waals surface area contributed by atoms with Crippen molar-refractivity contribution < 1.29 is 18.6 Å². The maximum Gasteiger partial charge on any atom is 0.280 e. The second kappa shape index (κ2) is 4.73. The molecule has 4 rings (SSSR count). The minimum absolute atomic E-state index is 0.0373. The molecule has 4 heterocycles. The summed E-state index contributed by atoms with van der Waals surface area (Å²) in [5.74, 6) is -0.879. The number of aromatic nitrogens is 4. The van der Waals surface area contributed by atoms with Crippen LogP contribution in [0.4, 0.5) is 10.3 Å². The Morgan fingerprint density at radius 2 is 2.17 bits per heavy atom. The molecule has 9 nitrogen and oxygen atoms in total. The van der Waals surface area contributed by atoms with E-state index in [4.69, 9.17) is 19.9 Å². The lowest BCUT2D eigenvalue weighted by atomic mass is 10.1. The molecule has 4 atom stereocenters. The fraction of sp³-hybridized carbons (Fsp3) is 0.615. The number of imidazole rings is 1. The molecule has 2 fully saturated rings. The second-order valence-corrected chi connectivity index (χ2v) is 6.06. The van der Waals surface area contributed by atoms with E-state index in [2.05, 4.69) is 15.0 Å². The van der Waals surface area contributed by atoms with Crippen molar-refractivity contribution >= 4 is 17.1 Å². The summed E-state index contributed by atoms with van der Waals surface area (Å²) in [6.07, 6.45) is -1.14.